The van der Waals surface area contributed by atoms with Crippen molar-refractivity contribution in [2.45, 2.75) is 6.18 Å². The van der Waals surface area contributed by atoms with E-state index in [4.69, 9.17) is 0 Å². The zero-order valence-corrected chi connectivity index (χ0v) is 10.3. The number of pyridine rings is 1. The van der Waals surface area contributed by atoms with Crippen LogP contribution in [0.25, 0.3) is 22.0 Å². The van der Waals surface area contributed by atoms with Crippen LogP contribution in [-0.2, 0) is 6.18 Å². The smallest absolute Gasteiger partial charge is 0.304 e. The lowest BCUT2D eigenvalue weighted by atomic mass is 9.99. The lowest BCUT2D eigenvalue weighted by Crippen LogP contribution is -2.07. The Balaban J connectivity index is 2.32. The number of benzene rings is 2. The van der Waals surface area contributed by atoms with E-state index in [1.165, 1.54) is 18.3 Å². The van der Waals surface area contributed by atoms with Crippen molar-refractivity contribution in [1.29, 1.82) is 0 Å². The first-order chi connectivity index (χ1) is 9.57. The van der Waals surface area contributed by atoms with E-state index in [9.17, 15) is 13.2 Å². The van der Waals surface area contributed by atoms with Crippen LogP contribution in [0.2, 0.25) is 0 Å². The number of fused-ring (bicyclic) bond motifs is 1. The molecule has 0 amide bonds. The number of alkyl halides is 3. The molecule has 3 aromatic rings. The Morgan fingerprint density at radius 2 is 1.75 bits per heavy atom. The lowest BCUT2D eigenvalue weighted by molar-refractivity contribution is -0.137. The summed E-state index contributed by atoms with van der Waals surface area (Å²) < 4.78 is 39.3. The van der Waals surface area contributed by atoms with Gasteiger partial charge in [-0.3, -0.25) is 0 Å². The molecule has 1 heterocycles. The first-order valence-corrected chi connectivity index (χ1v) is 5.99. The summed E-state index contributed by atoms with van der Waals surface area (Å²) in [5.74, 6) is 0. The maximum atomic E-state index is 13.1. The van der Waals surface area contributed by atoms with Gasteiger partial charge in [0, 0.05) is 6.20 Å². The number of rotatable bonds is 1. The Labute approximate surface area is 113 Å². The molecule has 20 heavy (non-hydrogen) atoms. The molecule has 0 N–H and O–H groups in total. The highest BCUT2D eigenvalue weighted by molar-refractivity contribution is 5.94. The summed E-state index contributed by atoms with van der Waals surface area (Å²) in [4.78, 5) is 4.12. The van der Waals surface area contributed by atoms with Crippen LogP contribution < -0.4 is 0 Å². The summed E-state index contributed by atoms with van der Waals surface area (Å²) in [7, 11) is 0. The SMILES string of the molecule is FC(F)(F)c1ccc[c-]c1-c1nccc2ccccc12. The second-order valence-corrected chi connectivity index (χ2v) is 4.34. The number of aromatic nitrogens is 1. The summed E-state index contributed by atoms with van der Waals surface area (Å²) in [5, 5.41) is 1.53. The summed E-state index contributed by atoms with van der Waals surface area (Å²) in [6.45, 7) is 0. The molecule has 4 heteroatoms. The molecule has 1 aromatic heterocycles. The molecule has 0 radical (unpaired) electrons. The number of hydrogen-bond donors (Lipinski definition) is 0. The van der Waals surface area contributed by atoms with E-state index < -0.39 is 11.7 Å². The van der Waals surface area contributed by atoms with Crippen molar-refractivity contribution in [2.75, 3.05) is 0 Å². The average Bonchev–Trinajstić information content (AvgIpc) is 2.46. The molecule has 0 spiro atoms. The fourth-order valence-electron chi connectivity index (χ4n) is 2.19. The molecule has 0 aliphatic carbocycles. The summed E-state index contributed by atoms with van der Waals surface area (Å²) in [5.41, 5.74) is -0.434. The van der Waals surface area contributed by atoms with E-state index in [1.54, 1.807) is 18.2 Å². The van der Waals surface area contributed by atoms with Crippen molar-refractivity contribution in [3.63, 3.8) is 0 Å². The molecular formula is C16H9F3N-. The molecule has 0 aliphatic heterocycles. The van der Waals surface area contributed by atoms with Gasteiger partial charge in [-0.25, -0.2) is 0 Å². The maximum absolute atomic E-state index is 13.1. The Morgan fingerprint density at radius 1 is 0.950 bits per heavy atom. The van der Waals surface area contributed by atoms with Crippen LogP contribution in [0.3, 0.4) is 0 Å². The Morgan fingerprint density at radius 3 is 2.55 bits per heavy atom. The van der Waals surface area contributed by atoms with Gasteiger partial charge in [0.05, 0.1) is 0 Å². The van der Waals surface area contributed by atoms with Crippen LogP contribution in [-0.4, -0.2) is 4.98 Å². The van der Waals surface area contributed by atoms with E-state index in [0.717, 1.165) is 11.5 Å². The highest BCUT2D eigenvalue weighted by Gasteiger charge is 2.28. The third kappa shape index (κ3) is 2.13. The molecule has 0 unspecified atom stereocenters. The van der Waals surface area contributed by atoms with Gasteiger partial charge in [-0.2, -0.15) is 13.2 Å². The molecule has 0 fully saturated rings. The van der Waals surface area contributed by atoms with Crippen LogP contribution >= 0.6 is 0 Å². The molecule has 2 aromatic carbocycles. The van der Waals surface area contributed by atoms with E-state index in [-0.39, 0.29) is 5.56 Å². The predicted octanol–water partition coefficient (Wildman–Crippen LogP) is 4.72. The molecule has 0 aliphatic rings. The van der Waals surface area contributed by atoms with Crippen LogP contribution in [0.15, 0.2) is 54.7 Å². The highest BCUT2D eigenvalue weighted by Crippen LogP contribution is 2.37. The van der Waals surface area contributed by atoms with Crippen LogP contribution in [0.4, 0.5) is 13.2 Å². The van der Waals surface area contributed by atoms with Gasteiger partial charge in [-0.05, 0) is 28.1 Å². The summed E-state index contributed by atoms with van der Waals surface area (Å²) in [6.07, 6.45) is -2.91. The van der Waals surface area contributed by atoms with Crippen molar-refractivity contribution in [1.82, 2.24) is 4.98 Å². The highest BCUT2D eigenvalue weighted by atomic mass is 19.4. The second-order valence-electron chi connectivity index (χ2n) is 4.34. The molecular weight excluding hydrogens is 263 g/mol. The van der Waals surface area contributed by atoms with Gasteiger partial charge < -0.3 is 4.98 Å². The zero-order chi connectivity index (χ0) is 14.2. The first-order valence-electron chi connectivity index (χ1n) is 5.99. The van der Waals surface area contributed by atoms with E-state index >= 15 is 0 Å². The fourth-order valence-corrected chi connectivity index (χ4v) is 2.19. The summed E-state index contributed by atoms with van der Waals surface area (Å²) >= 11 is 0. The van der Waals surface area contributed by atoms with Crippen LogP contribution in [0.1, 0.15) is 5.56 Å². The Kier molecular flexibility index (Phi) is 2.93. The van der Waals surface area contributed by atoms with Gasteiger partial charge in [-0.15, -0.1) is 29.8 Å². The zero-order valence-electron chi connectivity index (χ0n) is 10.3. The third-order valence-corrected chi connectivity index (χ3v) is 3.07. The number of hydrogen-bond acceptors (Lipinski definition) is 1. The minimum absolute atomic E-state index is 0.0169. The van der Waals surface area contributed by atoms with Crippen LogP contribution in [0, 0.1) is 6.07 Å². The number of halogens is 3. The van der Waals surface area contributed by atoms with Gasteiger partial charge >= 0.3 is 6.18 Å². The van der Waals surface area contributed by atoms with Crippen molar-refractivity contribution < 1.29 is 13.2 Å². The summed E-state index contributed by atoms with van der Waals surface area (Å²) in [6, 6.07) is 15.5. The standard InChI is InChI=1S/C16H9F3N/c17-16(18,19)14-8-4-3-7-13(14)15-12-6-2-1-5-11(12)9-10-20-15/h1-6,8-10H/q-1. The van der Waals surface area contributed by atoms with Crippen molar-refractivity contribution in [3.8, 4) is 11.3 Å². The fraction of sp³-hybridized carbons (Fsp3) is 0.0625. The topological polar surface area (TPSA) is 12.9 Å². The molecule has 1 nitrogen and oxygen atoms in total. The Hall–Kier alpha value is -2.36. The van der Waals surface area contributed by atoms with Gasteiger partial charge in [0.25, 0.3) is 0 Å². The minimum Gasteiger partial charge on any atom is -0.304 e. The van der Waals surface area contributed by atoms with Gasteiger partial charge in [0.15, 0.2) is 0 Å². The van der Waals surface area contributed by atoms with E-state index in [0.29, 0.717) is 11.1 Å². The largest absolute Gasteiger partial charge is 0.381 e. The van der Waals surface area contributed by atoms with Crippen molar-refractivity contribution in [3.05, 3.63) is 66.4 Å². The average molecular weight is 272 g/mol. The van der Waals surface area contributed by atoms with Crippen molar-refractivity contribution >= 4 is 10.8 Å². The Bertz CT molecular complexity index is 758. The predicted molar refractivity (Wildman–Crippen MR) is 71.0 cm³/mol. The molecule has 3 rings (SSSR count). The molecule has 0 bridgehead atoms. The normalized spacial score (nSPS) is 11.8. The molecule has 100 valence electrons. The van der Waals surface area contributed by atoms with Gasteiger partial charge in [0.1, 0.15) is 0 Å². The van der Waals surface area contributed by atoms with Gasteiger partial charge in [0.2, 0.25) is 0 Å². The molecule has 0 saturated heterocycles. The number of nitrogens with zero attached hydrogens (tertiary/aromatic N) is 1. The quantitative estimate of drug-likeness (QED) is 0.584. The molecule has 0 atom stereocenters. The van der Waals surface area contributed by atoms with Crippen molar-refractivity contribution in [2.24, 2.45) is 0 Å². The lowest BCUT2D eigenvalue weighted by Gasteiger charge is -2.20. The maximum Gasteiger partial charge on any atom is 0.381 e. The van der Waals surface area contributed by atoms with Crippen LogP contribution in [0.5, 0.6) is 0 Å². The van der Waals surface area contributed by atoms with Gasteiger partial charge in [-0.1, -0.05) is 24.3 Å². The second kappa shape index (κ2) is 4.63. The van der Waals surface area contributed by atoms with E-state index in [2.05, 4.69) is 11.1 Å². The minimum atomic E-state index is -4.42. The third-order valence-electron chi connectivity index (χ3n) is 3.07. The monoisotopic (exact) mass is 272 g/mol. The first kappa shape index (κ1) is 12.7. The van der Waals surface area contributed by atoms with E-state index in [1.807, 2.05) is 12.1 Å². The molecule has 0 saturated carbocycles.